The van der Waals surface area contributed by atoms with E-state index in [4.69, 9.17) is 16.6 Å². The molecule has 1 saturated carbocycles. The zero-order valence-electron chi connectivity index (χ0n) is 12.3. The van der Waals surface area contributed by atoms with E-state index in [-0.39, 0.29) is 0 Å². The van der Waals surface area contributed by atoms with Gasteiger partial charge in [0.2, 0.25) is 0 Å². The van der Waals surface area contributed by atoms with Crippen LogP contribution in [-0.2, 0) is 6.42 Å². The van der Waals surface area contributed by atoms with Crippen molar-refractivity contribution in [1.82, 2.24) is 14.5 Å². The smallest absolute Gasteiger partial charge is 0.160 e. The fourth-order valence-electron chi connectivity index (χ4n) is 3.44. The van der Waals surface area contributed by atoms with Crippen LogP contribution < -0.4 is 0 Å². The first-order chi connectivity index (χ1) is 9.70. The molecule has 2 unspecified atom stereocenters. The highest BCUT2D eigenvalue weighted by Crippen LogP contribution is 2.35. The Bertz CT molecular complexity index is 605. The highest BCUT2D eigenvalue weighted by Gasteiger charge is 2.25. The van der Waals surface area contributed by atoms with Crippen LogP contribution in [0.3, 0.4) is 0 Å². The predicted molar refractivity (Wildman–Crippen MR) is 83.4 cm³/mol. The van der Waals surface area contributed by atoms with E-state index in [9.17, 15) is 0 Å². The lowest BCUT2D eigenvalue weighted by molar-refractivity contribution is 0.282. The first-order valence-electron chi connectivity index (χ1n) is 7.59. The molecule has 2 aromatic heterocycles. The summed E-state index contributed by atoms with van der Waals surface area (Å²) in [6, 6.07) is 2.57. The summed E-state index contributed by atoms with van der Waals surface area (Å²) in [5, 5.41) is 0. The molecule has 0 aromatic carbocycles. The lowest BCUT2D eigenvalue weighted by atomic mass is 9.87. The second kappa shape index (κ2) is 5.72. The Balaban J connectivity index is 2.11. The number of nitrogens with zero attached hydrogens (tertiary/aromatic N) is 3. The minimum absolute atomic E-state index is 0.538. The molecule has 4 heteroatoms. The van der Waals surface area contributed by atoms with Gasteiger partial charge in [0.25, 0.3) is 0 Å². The first kappa shape index (κ1) is 13.9. The Kier molecular flexibility index (Phi) is 3.97. The van der Waals surface area contributed by atoms with Gasteiger partial charge < -0.3 is 4.57 Å². The number of fused-ring (bicyclic) bond motifs is 1. The highest BCUT2D eigenvalue weighted by atomic mass is 35.5. The van der Waals surface area contributed by atoms with Crippen molar-refractivity contribution >= 4 is 22.8 Å². The van der Waals surface area contributed by atoms with E-state index in [1.807, 2.05) is 12.3 Å². The number of pyridine rings is 1. The Morgan fingerprint density at radius 1 is 1.40 bits per heavy atom. The van der Waals surface area contributed by atoms with Crippen LogP contribution in [-0.4, -0.2) is 20.4 Å². The molecular weight excluding hydrogens is 270 g/mol. The molecule has 3 rings (SSSR count). The zero-order chi connectivity index (χ0) is 14.1. The normalized spacial score (nSPS) is 23.4. The van der Waals surface area contributed by atoms with E-state index in [0.29, 0.717) is 11.9 Å². The van der Waals surface area contributed by atoms with Crippen LogP contribution in [0, 0.1) is 12.8 Å². The van der Waals surface area contributed by atoms with E-state index in [1.54, 1.807) is 0 Å². The summed E-state index contributed by atoms with van der Waals surface area (Å²) in [5.41, 5.74) is 3.29. The lowest BCUT2D eigenvalue weighted by Gasteiger charge is -2.29. The summed E-state index contributed by atoms with van der Waals surface area (Å²) in [7, 11) is 0. The average molecular weight is 292 g/mol. The molecule has 0 bridgehead atoms. The minimum atomic E-state index is 0.538. The minimum Gasteiger partial charge on any atom is -0.310 e. The molecule has 2 heterocycles. The van der Waals surface area contributed by atoms with Gasteiger partial charge in [0.1, 0.15) is 11.3 Å². The Morgan fingerprint density at radius 3 is 3.00 bits per heavy atom. The molecule has 20 heavy (non-hydrogen) atoms. The summed E-state index contributed by atoms with van der Waals surface area (Å²) in [5.74, 6) is 2.51. The fourth-order valence-corrected chi connectivity index (χ4v) is 3.61. The van der Waals surface area contributed by atoms with Crippen LogP contribution in [0.15, 0.2) is 12.3 Å². The molecule has 0 amide bonds. The van der Waals surface area contributed by atoms with Gasteiger partial charge >= 0.3 is 0 Å². The standard InChI is InChI=1S/C16H22ClN3/c1-11-4-3-5-13(10-11)20-14(6-8-17)19-15-12(2)7-9-18-16(15)20/h7,9,11,13H,3-6,8,10H2,1-2H3. The number of halogens is 1. The molecule has 2 aromatic rings. The highest BCUT2D eigenvalue weighted by molar-refractivity contribution is 6.17. The predicted octanol–water partition coefficient (Wildman–Crippen LogP) is 4.27. The summed E-state index contributed by atoms with van der Waals surface area (Å²) >= 11 is 5.97. The van der Waals surface area contributed by atoms with Gasteiger partial charge in [0.05, 0.1) is 0 Å². The quantitative estimate of drug-likeness (QED) is 0.791. The maximum Gasteiger partial charge on any atom is 0.160 e. The number of imidazole rings is 1. The van der Waals surface area contributed by atoms with Crippen molar-refractivity contribution in [3.05, 3.63) is 23.7 Å². The first-order valence-corrected chi connectivity index (χ1v) is 8.12. The SMILES string of the molecule is Cc1ccnc2c1nc(CCCl)n2C1CCCC(C)C1. The van der Waals surface area contributed by atoms with Crippen molar-refractivity contribution in [1.29, 1.82) is 0 Å². The van der Waals surface area contributed by atoms with Crippen molar-refractivity contribution in [2.24, 2.45) is 5.92 Å². The fraction of sp³-hybridized carbons (Fsp3) is 0.625. The van der Waals surface area contributed by atoms with E-state index < -0.39 is 0 Å². The summed E-state index contributed by atoms with van der Waals surface area (Å²) in [6.07, 6.45) is 7.84. The number of aryl methyl sites for hydroxylation is 2. The van der Waals surface area contributed by atoms with Crippen molar-refractivity contribution in [2.75, 3.05) is 5.88 Å². The van der Waals surface area contributed by atoms with Gasteiger partial charge in [-0.15, -0.1) is 11.6 Å². The second-order valence-electron chi connectivity index (χ2n) is 6.06. The van der Waals surface area contributed by atoms with Crippen molar-refractivity contribution in [3.8, 4) is 0 Å². The van der Waals surface area contributed by atoms with Gasteiger partial charge in [-0.3, -0.25) is 0 Å². The molecule has 0 spiro atoms. The molecule has 1 aliphatic carbocycles. The summed E-state index contributed by atoms with van der Waals surface area (Å²) < 4.78 is 2.38. The van der Waals surface area contributed by atoms with Crippen molar-refractivity contribution < 1.29 is 0 Å². The molecule has 0 radical (unpaired) electrons. The van der Waals surface area contributed by atoms with Gasteiger partial charge in [-0.05, 0) is 37.3 Å². The van der Waals surface area contributed by atoms with Gasteiger partial charge in [0, 0.05) is 24.5 Å². The monoisotopic (exact) mass is 291 g/mol. The largest absolute Gasteiger partial charge is 0.310 e. The molecule has 0 aliphatic heterocycles. The van der Waals surface area contributed by atoms with Crippen LogP contribution in [0.1, 0.15) is 50.0 Å². The third kappa shape index (κ3) is 2.44. The Morgan fingerprint density at radius 2 is 2.25 bits per heavy atom. The van der Waals surface area contributed by atoms with Crippen LogP contribution >= 0.6 is 11.6 Å². The number of alkyl halides is 1. The molecule has 0 N–H and O–H groups in total. The average Bonchev–Trinajstić information content (AvgIpc) is 2.79. The lowest BCUT2D eigenvalue weighted by Crippen LogP contribution is -2.20. The van der Waals surface area contributed by atoms with Crippen molar-refractivity contribution in [3.63, 3.8) is 0 Å². The maximum absolute atomic E-state index is 5.97. The van der Waals surface area contributed by atoms with E-state index >= 15 is 0 Å². The van der Waals surface area contributed by atoms with E-state index in [2.05, 4.69) is 23.4 Å². The molecule has 3 nitrogen and oxygen atoms in total. The van der Waals surface area contributed by atoms with Gasteiger partial charge in [-0.1, -0.05) is 19.8 Å². The second-order valence-corrected chi connectivity index (χ2v) is 6.44. The van der Waals surface area contributed by atoms with E-state index in [0.717, 1.165) is 29.3 Å². The van der Waals surface area contributed by atoms with E-state index in [1.165, 1.54) is 31.2 Å². The molecular formula is C16H22ClN3. The molecule has 1 aliphatic rings. The number of aromatic nitrogens is 3. The third-order valence-corrected chi connectivity index (χ3v) is 4.63. The topological polar surface area (TPSA) is 30.7 Å². The Hall–Kier alpha value is -1.09. The van der Waals surface area contributed by atoms with Crippen LogP contribution in [0.4, 0.5) is 0 Å². The number of hydrogen-bond donors (Lipinski definition) is 0. The zero-order valence-corrected chi connectivity index (χ0v) is 13.0. The molecule has 108 valence electrons. The molecule has 0 saturated heterocycles. The summed E-state index contributed by atoms with van der Waals surface area (Å²) in [6.45, 7) is 4.46. The van der Waals surface area contributed by atoms with Crippen molar-refractivity contribution in [2.45, 2.75) is 52.0 Å². The van der Waals surface area contributed by atoms with Gasteiger partial charge in [-0.25, -0.2) is 9.97 Å². The third-order valence-electron chi connectivity index (χ3n) is 4.45. The summed E-state index contributed by atoms with van der Waals surface area (Å²) in [4.78, 5) is 9.42. The molecule has 1 fully saturated rings. The Labute approximate surface area is 125 Å². The van der Waals surface area contributed by atoms with Gasteiger partial charge in [0.15, 0.2) is 5.65 Å². The number of hydrogen-bond acceptors (Lipinski definition) is 2. The number of rotatable bonds is 3. The van der Waals surface area contributed by atoms with Crippen LogP contribution in [0.5, 0.6) is 0 Å². The van der Waals surface area contributed by atoms with Gasteiger partial charge in [-0.2, -0.15) is 0 Å². The molecule has 2 atom stereocenters. The van der Waals surface area contributed by atoms with Crippen LogP contribution in [0.25, 0.3) is 11.2 Å². The van der Waals surface area contributed by atoms with Crippen LogP contribution in [0.2, 0.25) is 0 Å². The maximum atomic E-state index is 5.97.